The molecule has 0 saturated heterocycles. The molecule has 0 bridgehead atoms. The van der Waals surface area contributed by atoms with Crippen molar-refractivity contribution in [3.8, 4) is 5.75 Å². The highest BCUT2D eigenvalue weighted by molar-refractivity contribution is 7.12. The van der Waals surface area contributed by atoms with E-state index in [1.807, 2.05) is 5.38 Å². The van der Waals surface area contributed by atoms with E-state index in [2.05, 4.69) is 10.3 Å². The molecular formula is C21H14N2O4S. The molecule has 0 aliphatic rings. The number of aromatic nitrogens is 1. The summed E-state index contributed by atoms with van der Waals surface area (Å²) >= 11 is 1.35. The number of ether oxygens (including phenoxy) is 1. The van der Waals surface area contributed by atoms with Gasteiger partial charge in [-0.3, -0.25) is 9.59 Å². The number of hydrogen-bond donors (Lipinski definition) is 2. The average Bonchev–Trinajstić information content (AvgIpc) is 3.24. The van der Waals surface area contributed by atoms with Gasteiger partial charge in [0, 0.05) is 22.7 Å². The summed E-state index contributed by atoms with van der Waals surface area (Å²) in [6, 6.07) is 18.2. The number of carbonyl (C=O) groups excluding carboxylic acids is 2. The molecule has 0 unspecified atom stereocenters. The molecule has 2 aromatic carbocycles. The van der Waals surface area contributed by atoms with Crippen molar-refractivity contribution in [3.05, 3.63) is 92.9 Å². The lowest BCUT2D eigenvalue weighted by atomic mass is 10.1. The summed E-state index contributed by atoms with van der Waals surface area (Å²) in [4.78, 5) is 39.7. The summed E-state index contributed by atoms with van der Waals surface area (Å²) in [6.07, 6.45) is 0. The first-order valence-electron chi connectivity index (χ1n) is 8.39. The average molecular weight is 390 g/mol. The minimum Gasteiger partial charge on any atom is -0.423 e. The van der Waals surface area contributed by atoms with E-state index in [0.29, 0.717) is 27.2 Å². The van der Waals surface area contributed by atoms with Gasteiger partial charge < -0.3 is 15.0 Å². The highest BCUT2D eigenvalue weighted by Gasteiger charge is 2.14. The number of nitrogens with one attached hydrogen (secondary N) is 2. The first kappa shape index (κ1) is 17.7. The Morgan fingerprint density at radius 3 is 2.50 bits per heavy atom. The van der Waals surface area contributed by atoms with Gasteiger partial charge in [0.2, 0.25) is 5.56 Å². The Labute approximate surface area is 163 Å². The monoisotopic (exact) mass is 390 g/mol. The third kappa shape index (κ3) is 3.70. The number of fused-ring (bicyclic) bond motifs is 1. The smallest absolute Gasteiger partial charge is 0.344 e. The maximum atomic E-state index is 12.6. The number of thiophene rings is 1. The van der Waals surface area contributed by atoms with Crippen molar-refractivity contribution < 1.29 is 14.3 Å². The molecule has 2 N–H and O–H groups in total. The number of para-hydroxylation sites is 1. The van der Waals surface area contributed by atoms with E-state index >= 15 is 0 Å². The molecule has 4 aromatic rings. The predicted molar refractivity (Wildman–Crippen MR) is 108 cm³/mol. The van der Waals surface area contributed by atoms with Gasteiger partial charge >= 0.3 is 5.97 Å². The van der Waals surface area contributed by atoms with E-state index in [4.69, 9.17) is 4.74 Å². The number of esters is 1. The molecule has 6 nitrogen and oxygen atoms in total. The van der Waals surface area contributed by atoms with Crippen molar-refractivity contribution in [2.24, 2.45) is 0 Å². The maximum Gasteiger partial charge on any atom is 0.344 e. The van der Waals surface area contributed by atoms with Crippen LogP contribution in [0.5, 0.6) is 5.75 Å². The lowest BCUT2D eigenvalue weighted by Gasteiger charge is -2.08. The third-order valence-corrected chi connectivity index (χ3v) is 4.91. The van der Waals surface area contributed by atoms with E-state index in [1.165, 1.54) is 17.4 Å². The standard InChI is InChI=1S/C21H14N2O4S/c24-19-12-16(15-4-1-2-5-17(15)23-19)21(26)27-14-9-7-13(8-10-14)22-20(25)18-6-3-11-28-18/h1-12H,(H,22,25)(H,23,24). The molecule has 0 aliphatic carbocycles. The lowest BCUT2D eigenvalue weighted by molar-refractivity contribution is 0.0736. The molecule has 7 heteroatoms. The van der Waals surface area contributed by atoms with Crippen molar-refractivity contribution in [1.82, 2.24) is 4.98 Å². The molecule has 0 spiro atoms. The SMILES string of the molecule is O=C(Nc1ccc(OC(=O)c2cc(=O)[nH]c3ccccc23)cc1)c1cccs1. The zero-order valence-electron chi connectivity index (χ0n) is 14.5. The van der Waals surface area contributed by atoms with Crippen LogP contribution in [0.2, 0.25) is 0 Å². The zero-order valence-corrected chi connectivity index (χ0v) is 15.3. The van der Waals surface area contributed by atoms with Crippen LogP contribution in [-0.2, 0) is 0 Å². The third-order valence-electron chi connectivity index (χ3n) is 4.04. The number of anilines is 1. The number of pyridine rings is 1. The normalized spacial score (nSPS) is 10.6. The molecule has 1 amide bonds. The van der Waals surface area contributed by atoms with Crippen molar-refractivity contribution in [2.45, 2.75) is 0 Å². The predicted octanol–water partition coefficient (Wildman–Crippen LogP) is 4.06. The summed E-state index contributed by atoms with van der Waals surface area (Å²) in [6.45, 7) is 0. The summed E-state index contributed by atoms with van der Waals surface area (Å²) in [7, 11) is 0. The Hall–Kier alpha value is -3.71. The van der Waals surface area contributed by atoms with Crippen LogP contribution >= 0.6 is 11.3 Å². The topological polar surface area (TPSA) is 88.3 Å². The second-order valence-corrected chi connectivity index (χ2v) is 6.89. The van der Waals surface area contributed by atoms with Gasteiger partial charge in [-0.05, 0) is 41.8 Å². The van der Waals surface area contributed by atoms with Crippen LogP contribution in [0.4, 0.5) is 5.69 Å². The quantitative estimate of drug-likeness (QED) is 0.406. The molecule has 0 fully saturated rings. The van der Waals surface area contributed by atoms with Crippen LogP contribution in [-0.4, -0.2) is 16.9 Å². The molecule has 0 radical (unpaired) electrons. The highest BCUT2D eigenvalue weighted by Crippen LogP contribution is 2.21. The van der Waals surface area contributed by atoms with Crippen LogP contribution in [0.3, 0.4) is 0 Å². The fourth-order valence-corrected chi connectivity index (χ4v) is 3.36. The van der Waals surface area contributed by atoms with Gasteiger partial charge in [0.25, 0.3) is 5.91 Å². The second-order valence-electron chi connectivity index (χ2n) is 5.94. The van der Waals surface area contributed by atoms with Crippen molar-refractivity contribution in [2.75, 3.05) is 5.32 Å². The summed E-state index contributed by atoms with van der Waals surface area (Å²) in [5.41, 5.74) is 0.958. The Morgan fingerprint density at radius 1 is 0.964 bits per heavy atom. The van der Waals surface area contributed by atoms with E-state index in [-0.39, 0.29) is 17.0 Å². The van der Waals surface area contributed by atoms with E-state index in [0.717, 1.165) is 0 Å². The van der Waals surface area contributed by atoms with E-state index in [9.17, 15) is 14.4 Å². The molecular weight excluding hydrogens is 376 g/mol. The van der Waals surface area contributed by atoms with Crippen molar-refractivity contribution in [1.29, 1.82) is 0 Å². The first-order chi connectivity index (χ1) is 13.6. The number of hydrogen-bond acceptors (Lipinski definition) is 5. The van der Waals surface area contributed by atoms with Gasteiger partial charge in [0.15, 0.2) is 0 Å². The number of carbonyl (C=O) groups is 2. The van der Waals surface area contributed by atoms with E-state index in [1.54, 1.807) is 60.7 Å². The Kier molecular flexibility index (Phi) is 4.74. The fourth-order valence-electron chi connectivity index (χ4n) is 2.74. The van der Waals surface area contributed by atoms with Gasteiger partial charge in [-0.2, -0.15) is 0 Å². The number of H-pyrrole nitrogens is 1. The number of aromatic amines is 1. The molecule has 2 aromatic heterocycles. The fraction of sp³-hybridized carbons (Fsp3) is 0. The molecule has 138 valence electrons. The van der Waals surface area contributed by atoms with Crippen LogP contribution in [0.25, 0.3) is 10.9 Å². The molecule has 0 saturated carbocycles. The minimum absolute atomic E-state index is 0.189. The van der Waals surface area contributed by atoms with Crippen LogP contribution in [0.1, 0.15) is 20.0 Å². The van der Waals surface area contributed by atoms with Gasteiger partial charge in [-0.15, -0.1) is 11.3 Å². The molecule has 0 atom stereocenters. The molecule has 4 rings (SSSR count). The second kappa shape index (κ2) is 7.50. The summed E-state index contributed by atoms with van der Waals surface area (Å²) in [5.74, 6) is -0.518. The molecule has 0 aliphatic heterocycles. The van der Waals surface area contributed by atoms with E-state index < -0.39 is 5.97 Å². The van der Waals surface area contributed by atoms with Gasteiger partial charge in [-0.25, -0.2) is 4.79 Å². The first-order valence-corrected chi connectivity index (χ1v) is 9.27. The van der Waals surface area contributed by atoms with Crippen LogP contribution < -0.4 is 15.6 Å². The van der Waals surface area contributed by atoms with Crippen molar-refractivity contribution in [3.63, 3.8) is 0 Å². The molecule has 28 heavy (non-hydrogen) atoms. The van der Waals surface area contributed by atoms with Crippen LogP contribution in [0.15, 0.2) is 76.9 Å². The number of rotatable bonds is 4. The van der Waals surface area contributed by atoms with Crippen molar-refractivity contribution >= 4 is 39.8 Å². The van der Waals surface area contributed by atoms with Gasteiger partial charge in [0.1, 0.15) is 5.75 Å². The number of benzene rings is 2. The minimum atomic E-state index is -0.627. The molecule has 2 heterocycles. The Balaban J connectivity index is 1.51. The summed E-state index contributed by atoms with van der Waals surface area (Å²) < 4.78 is 5.39. The highest BCUT2D eigenvalue weighted by atomic mass is 32.1. The number of amides is 1. The van der Waals surface area contributed by atoms with Crippen LogP contribution in [0, 0.1) is 0 Å². The largest absolute Gasteiger partial charge is 0.423 e. The zero-order chi connectivity index (χ0) is 19.5. The van der Waals surface area contributed by atoms with Gasteiger partial charge in [-0.1, -0.05) is 24.3 Å². The Bertz CT molecular complexity index is 1210. The summed E-state index contributed by atoms with van der Waals surface area (Å²) in [5, 5.41) is 5.21. The Morgan fingerprint density at radius 2 is 1.75 bits per heavy atom. The maximum absolute atomic E-state index is 12.6. The lowest BCUT2D eigenvalue weighted by Crippen LogP contribution is -2.15. The van der Waals surface area contributed by atoms with Gasteiger partial charge in [0.05, 0.1) is 10.4 Å².